The number of methoxy groups -OCH3 is 1. The van der Waals surface area contributed by atoms with Gasteiger partial charge in [-0.1, -0.05) is 6.07 Å². The van der Waals surface area contributed by atoms with Gasteiger partial charge in [0.25, 0.3) is 0 Å². The van der Waals surface area contributed by atoms with E-state index in [9.17, 15) is 9.18 Å². The number of imidazole rings is 1. The molecule has 3 aromatic carbocycles. The van der Waals surface area contributed by atoms with Gasteiger partial charge < -0.3 is 18.8 Å². The first-order chi connectivity index (χ1) is 14.9. The number of nitrogens with zero attached hydrogens (tertiary/aromatic N) is 2. The maximum atomic E-state index is 13.6. The van der Waals surface area contributed by atoms with Crippen LogP contribution in [0.4, 0.5) is 4.39 Å². The second-order valence-corrected chi connectivity index (χ2v) is 7.11. The van der Waals surface area contributed by atoms with Crippen molar-refractivity contribution in [3.8, 4) is 17.2 Å². The lowest BCUT2D eigenvalue weighted by molar-refractivity contribution is 0.0600. The minimum Gasteiger partial charge on any atom is -0.486 e. The van der Waals surface area contributed by atoms with Crippen LogP contribution in [0, 0.1) is 12.7 Å². The summed E-state index contributed by atoms with van der Waals surface area (Å²) in [5.41, 5.74) is 2.84. The monoisotopic (exact) mass is 420 g/mol. The van der Waals surface area contributed by atoms with E-state index < -0.39 is 5.97 Å². The van der Waals surface area contributed by atoms with Crippen molar-refractivity contribution in [3.05, 3.63) is 83.4 Å². The Hall–Kier alpha value is -3.87. The molecule has 0 spiro atoms. The number of esters is 1. The Morgan fingerprint density at radius 3 is 2.65 bits per heavy atom. The number of benzene rings is 3. The van der Waals surface area contributed by atoms with Crippen LogP contribution in [-0.2, 0) is 18.4 Å². The average Bonchev–Trinajstić information content (AvgIpc) is 3.06. The Kier molecular flexibility index (Phi) is 5.58. The average molecular weight is 420 g/mol. The first kappa shape index (κ1) is 20.4. The van der Waals surface area contributed by atoms with E-state index in [0.29, 0.717) is 28.6 Å². The third-order valence-electron chi connectivity index (χ3n) is 4.82. The van der Waals surface area contributed by atoms with Gasteiger partial charge >= 0.3 is 5.97 Å². The van der Waals surface area contributed by atoms with Crippen molar-refractivity contribution in [2.45, 2.75) is 13.5 Å². The SMILES string of the molecule is COC(=O)c1cccc(OCc2nc3ccc(Oc4cc(C)cc(F)c4)cc3n2C)c1. The highest BCUT2D eigenvalue weighted by molar-refractivity contribution is 5.89. The molecule has 6 nitrogen and oxygen atoms in total. The summed E-state index contributed by atoms with van der Waals surface area (Å²) in [6.45, 7) is 2.03. The van der Waals surface area contributed by atoms with Crippen molar-refractivity contribution in [1.29, 1.82) is 0 Å². The lowest BCUT2D eigenvalue weighted by Crippen LogP contribution is -2.05. The van der Waals surface area contributed by atoms with Crippen LogP contribution in [0.5, 0.6) is 17.2 Å². The zero-order chi connectivity index (χ0) is 22.0. The second kappa shape index (κ2) is 8.47. The lowest BCUT2D eigenvalue weighted by atomic mass is 10.2. The van der Waals surface area contributed by atoms with E-state index >= 15 is 0 Å². The summed E-state index contributed by atoms with van der Waals surface area (Å²) in [5.74, 6) is 1.51. The molecule has 7 heteroatoms. The number of carbonyl (C=O) groups is 1. The van der Waals surface area contributed by atoms with Crippen LogP contribution in [0.2, 0.25) is 0 Å². The summed E-state index contributed by atoms with van der Waals surface area (Å²) < 4.78 is 31.9. The summed E-state index contributed by atoms with van der Waals surface area (Å²) in [5, 5.41) is 0. The third kappa shape index (κ3) is 4.50. The van der Waals surface area contributed by atoms with Crippen molar-refractivity contribution in [3.63, 3.8) is 0 Å². The fraction of sp³-hybridized carbons (Fsp3) is 0.167. The molecular weight excluding hydrogens is 399 g/mol. The molecule has 0 amide bonds. The molecule has 0 atom stereocenters. The molecule has 0 aliphatic rings. The molecule has 0 fully saturated rings. The zero-order valence-corrected chi connectivity index (χ0v) is 17.4. The fourth-order valence-corrected chi connectivity index (χ4v) is 3.29. The van der Waals surface area contributed by atoms with E-state index in [1.807, 2.05) is 30.7 Å². The Labute approximate surface area is 178 Å². The van der Waals surface area contributed by atoms with Gasteiger partial charge in [0.15, 0.2) is 0 Å². The molecule has 0 bridgehead atoms. The van der Waals surface area contributed by atoms with Crippen molar-refractivity contribution in [2.75, 3.05) is 7.11 Å². The molecular formula is C24H21FN2O4. The molecule has 0 radical (unpaired) electrons. The number of hydrogen-bond donors (Lipinski definition) is 0. The standard InChI is InChI=1S/C24H21FN2O4/c1-15-9-17(25)12-20(10-15)31-19-7-8-21-22(13-19)27(2)23(26-21)14-30-18-6-4-5-16(11-18)24(28)29-3/h4-13H,14H2,1-3H3. The summed E-state index contributed by atoms with van der Waals surface area (Å²) in [7, 11) is 3.22. The minimum absolute atomic E-state index is 0.217. The quantitative estimate of drug-likeness (QED) is 0.402. The molecule has 0 saturated carbocycles. The number of ether oxygens (including phenoxy) is 3. The highest BCUT2D eigenvalue weighted by atomic mass is 19.1. The van der Waals surface area contributed by atoms with Gasteiger partial charge in [-0.15, -0.1) is 0 Å². The number of aryl methyl sites for hydroxylation is 2. The van der Waals surface area contributed by atoms with E-state index in [1.54, 1.807) is 36.4 Å². The van der Waals surface area contributed by atoms with Gasteiger partial charge in [-0.2, -0.15) is 0 Å². The van der Waals surface area contributed by atoms with E-state index in [0.717, 1.165) is 16.6 Å². The van der Waals surface area contributed by atoms with E-state index in [-0.39, 0.29) is 12.4 Å². The van der Waals surface area contributed by atoms with Crippen LogP contribution < -0.4 is 9.47 Å². The molecule has 0 aliphatic carbocycles. The summed E-state index contributed by atoms with van der Waals surface area (Å²) in [6.07, 6.45) is 0. The van der Waals surface area contributed by atoms with Gasteiger partial charge in [0.05, 0.1) is 23.7 Å². The first-order valence-corrected chi connectivity index (χ1v) is 9.64. The van der Waals surface area contributed by atoms with Crippen molar-refractivity contribution >= 4 is 17.0 Å². The fourth-order valence-electron chi connectivity index (χ4n) is 3.29. The predicted octanol–water partition coefficient (Wildman–Crippen LogP) is 5.18. The molecule has 0 unspecified atom stereocenters. The minimum atomic E-state index is -0.422. The first-order valence-electron chi connectivity index (χ1n) is 9.64. The van der Waals surface area contributed by atoms with Gasteiger partial charge in [0.1, 0.15) is 35.5 Å². The van der Waals surface area contributed by atoms with Crippen LogP contribution in [0.3, 0.4) is 0 Å². The lowest BCUT2D eigenvalue weighted by Gasteiger charge is -2.08. The zero-order valence-electron chi connectivity index (χ0n) is 17.4. The molecule has 0 aliphatic heterocycles. The van der Waals surface area contributed by atoms with E-state index in [4.69, 9.17) is 14.2 Å². The molecule has 158 valence electrons. The van der Waals surface area contributed by atoms with Gasteiger partial charge in [0.2, 0.25) is 0 Å². The number of carbonyl (C=O) groups excluding carboxylic acids is 1. The Morgan fingerprint density at radius 1 is 1.03 bits per heavy atom. The maximum absolute atomic E-state index is 13.6. The molecule has 4 rings (SSSR count). The number of aromatic nitrogens is 2. The number of hydrogen-bond acceptors (Lipinski definition) is 5. The molecule has 31 heavy (non-hydrogen) atoms. The van der Waals surface area contributed by atoms with Crippen LogP contribution >= 0.6 is 0 Å². The summed E-state index contributed by atoms with van der Waals surface area (Å²) >= 11 is 0. The smallest absolute Gasteiger partial charge is 0.337 e. The molecule has 1 aromatic heterocycles. The second-order valence-electron chi connectivity index (χ2n) is 7.11. The van der Waals surface area contributed by atoms with E-state index in [1.165, 1.54) is 19.2 Å². The Bertz CT molecular complexity index is 1250. The van der Waals surface area contributed by atoms with Crippen molar-refractivity contribution in [1.82, 2.24) is 9.55 Å². The predicted molar refractivity (Wildman–Crippen MR) is 114 cm³/mol. The van der Waals surface area contributed by atoms with E-state index in [2.05, 4.69) is 4.98 Å². The molecule has 0 N–H and O–H groups in total. The Morgan fingerprint density at radius 2 is 1.87 bits per heavy atom. The maximum Gasteiger partial charge on any atom is 0.337 e. The Balaban J connectivity index is 1.53. The van der Waals surface area contributed by atoms with Crippen LogP contribution in [-0.4, -0.2) is 22.6 Å². The topological polar surface area (TPSA) is 62.6 Å². The van der Waals surface area contributed by atoms with Gasteiger partial charge in [0, 0.05) is 19.2 Å². The van der Waals surface area contributed by atoms with Gasteiger partial charge in [-0.25, -0.2) is 14.2 Å². The highest BCUT2D eigenvalue weighted by Gasteiger charge is 2.12. The molecule has 0 saturated heterocycles. The largest absolute Gasteiger partial charge is 0.486 e. The highest BCUT2D eigenvalue weighted by Crippen LogP contribution is 2.27. The van der Waals surface area contributed by atoms with Crippen molar-refractivity contribution in [2.24, 2.45) is 7.05 Å². The van der Waals surface area contributed by atoms with Crippen LogP contribution in [0.25, 0.3) is 11.0 Å². The number of rotatable bonds is 6. The third-order valence-corrected chi connectivity index (χ3v) is 4.82. The van der Waals surface area contributed by atoms with Crippen molar-refractivity contribution < 1.29 is 23.4 Å². The normalized spacial score (nSPS) is 10.8. The van der Waals surface area contributed by atoms with Crippen LogP contribution in [0.15, 0.2) is 60.7 Å². The summed E-state index contributed by atoms with van der Waals surface area (Å²) in [6, 6.07) is 16.8. The number of fused-ring (bicyclic) bond motifs is 1. The number of halogens is 1. The molecule has 4 aromatic rings. The van der Waals surface area contributed by atoms with Gasteiger partial charge in [-0.05, 0) is 55.0 Å². The summed E-state index contributed by atoms with van der Waals surface area (Å²) in [4.78, 5) is 16.3. The van der Waals surface area contributed by atoms with Crippen LogP contribution in [0.1, 0.15) is 21.7 Å². The van der Waals surface area contributed by atoms with Gasteiger partial charge in [-0.3, -0.25) is 0 Å². The molecule has 1 heterocycles.